The van der Waals surface area contributed by atoms with Gasteiger partial charge in [-0.2, -0.15) is 0 Å². The second kappa shape index (κ2) is 11.8. The molecule has 0 aliphatic carbocycles. The van der Waals surface area contributed by atoms with Crippen LogP contribution in [-0.4, -0.2) is 21.6 Å². The van der Waals surface area contributed by atoms with Gasteiger partial charge in [0.2, 0.25) is 0 Å². The van der Waals surface area contributed by atoms with Gasteiger partial charge in [0.15, 0.2) is 0 Å². The number of fused-ring (bicyclic) bond motifs is 14. The Kier molecular flexibility index (Phi) is 6.99. The summed E-state index contributed by atoms with van der Waals surface area (Å²) in [6.45, 7) is 13.5. The van der Waals surface area contributed by atoms with Crippen LogP contribution in [0, 0.1) is 10.8 Å². The number of nitrogens with one attached hydrogen (secondary N) is 2. The molecule has 282 valence electrons. The van der Waals surface area contributed by atoms with Crippen molar-refractivity contribution in [3.8, 4) is 11.4 Å². The van der Waals surface area contributed by atoms with E-state index in [2.05, 4.69) is 142 Å². The fourth-order valence-corrected chi connectivity index (χ4v) is 9.28. The quantitative estimate of drug-likeness (QED) is 0.175. The van der Waals surface area contributed by atoms with E-state index >= 15 is 0 Å². The molecule has 0 bridgehead atoms. The first kappa shape index (κ1) is 34.3. The van der Waals surface area contributed by atoms with E-state index < -0.39 is 0 Å². The van der Waals surface area contributed by atoms with Gasteiger partial charge in [-0.1, -0.05) is 90.1 Å². The van der Waals surface area contributed by atoms with Gasteiger partial charge in [-0.15, -0.1) is 0 Å². The van der Waals surface area contributed by atoms with Crippen LogP contribution in [0.1, 0.15) is 63.8 Å². The Morgan fingerprint density at radius 3 is 1.45 bits per heavy atom. The molecule has 0 aliphatic rings. The summed E-state index contributed by atoms with van der Waals surface area (Å²) in [6.07, 6.45) is 2.76. The third-order valence-electron chi connectivity index (χ3n) is 12.3. The van der Waals surface area contributed by atoms with Gasteiger partial charge in [-0.3, -0.25) is 0 Å². The lowest BCUT2D eigenvalue weighted by Crippen LogP contribution is -2.11. The van der Waals surface area contributed by atoms with Gasteiger partial charge in [0.25, 0.3) is 0 Å². The molecule has 4 aromatic heterocycles. The predicted molar refractivity (Wildman–Crippen MR) is 243 cm³/mol. The van der Waals surface area contributed by atoms with Crippen LogP contribution >= 0.6 is 0 Å². The third-order valence-corrected chi connectivity index (χ3v) is 12.3. The summed E-state index contributed by atoms with van der Waals surface area (Å²) < 4.78 is 18.0. The first-order chi connectivity index (χ1) is 27.9. The Bertz CT molecular complexity index is 3570. The van der Waals surface area contributed by atoms with Crippen molar-refractivity contribution in [2.24, 2.45) is 0 Å². The second-order valence-electron chi connectivity index (χ2n) is 17.8. The van der Waals surface area contributed by atoms with Crippen LogP contribution in [0.2, 0.25) is 0 Å². The normalized spacial score (nSPS) is 12.8. The number of nitrogens with zero attached hydrogens (tertiary/aromatic N) is 2. The van der Waals surface area contributed by atoms with Crippen LogP contribution in [0.3, 0.4) is 0 Å². The van der Waals surface area contributed by atoms with Crippen LogP contribution in [0.4, 0.5) is 0 Å². The summed E-state index contributed by atoms with van der Waals surface area (Å²) in [5.74, 6) is 0. The first-order valence-corrected chi connectivity index (χ1v) is 19.9. The zero-order valence-electron chi connectivity index (χ0n) is 33.4. The molecule has 4 heterocycles. The lowest BCUT2D eigenvalue weighted by atomic mass is 9.86. The largest absolute Gasteiger partial charge is 0.455 e. The summed E-state index contributed by atoms with van der Waals surface area (Å²) in [5.41, 5.74) is 12.8. The molecule has 11 rings (SSSR count). The zero-order chi connectivity index (χ0) is 39.8. The molecule has 0 saturated carbocycles. The molecular formula is C52H42N4O2. The Hall–Kier alpha value is -6.92. The third kappa shape index (κ3) is 4.72. The minimum Gasteiger partial charge on any atom is -0.455 e. The molecule has 58 heavy (non-hydrogen) atoms. The zero-order valence-corrected chi connectivity index (χ0v) is 33.4. The van der Waals surface area contributed by atoms with E-state index in [0.717, 1.165) is 98.9 Å². The van der Waals surface area contributed by atoms with Crippen molar-refractivity contribution in [2.45, 2.75) is 52.4 Å². The van der Waals surface area contributed by atoms with Crippen LogP contribution < -0.4 is 0 Å². The maximum Gasteiger partial charge on any atom is 0.145 e. The molecular weight excluding hydrogens is 713 g/mol. The highest BCUT2D eigenvalue weighted by molar-refractivity contribution is 6.25. The van der Waals surface area contributed by atoms with Crippen LogP contribution in [0.15, 0.2) is 130 Å². The number of para-hydroxylation sites is 2. The van der Waals surface area contributed by atoms with Crippen molar-refractivity contribution in [1.82, 2.24) is 9.13 Å². The first-order valence-electron chi connectivity index (χ1n) is 19.9. The predicted octanol–water partition coefficient (Wildman–Crippen LogP) is 14.3. The van der Waals surface area contributed by atoms with E-state index in [1.54, 1.807) is 0 Å². The van der Waals surface area contributed by atoms with Gasteiger partial charge in [0.1, 0.15) is 22.3 Å². The van der Waals surface area contributed by atoms with E-state index in [1.807, 2.05) is 30.3 Å². The van der Waals surface area contributed by atoms with Gasteiger partial charge in [-0.25, -0.2) is 0 Å². The van der Waals surface area contributed by atoms with Crippen LogP contribution in [-0.2, 0) is 10.8 Å². The summed E-state index contributed by atoms with van der Waals surface area (Å²) in [6, 6.07) is 42.9. The molecule has 0 spiro atoms. The molecule has 0 amide bonds. The van der Waals surface area contributed by atoms with E-state index in [1.165, 1.54) is 23.6 Å². The summed E-state index contributed by atoms with van der Waals surface area (Å²) in [4.78, 5) is 0. The lowest BCUT2D eigenvalue weighted by Gasteiger charge is -2.20. The Morgan fingerprint density at radius 2 is 0.948 bits per heavy atom. The molecule has 6 nitrogen and oxygen atoms in total. The number of hydrogen-bond donors (Lipinski definition) is 2. The van der Waals surface area contributed by atoms with Crippen molar-refractivity contribution in [3.05, 3.63) is 144 Å². The molecule has 11 aromatic rings. The standard InChI is InChI=1S/C52H42N4O2/c1-51(2,3)30-15-19-40-37(24-30)47-42(21-17-35-33-11-7-9-13-45(33)57-49(35)47)55(40)32-23-29(27-53)39(28-54)44(26-32)56-41-20-16-31(52(4,5)6)25-38(41)48-43(56)22-18-36-34-12-8-10-14-46(34)58-50(36)48/h7-28,53-54H,1-6H3. The molecule has 0 unspecified atom stereocenters. The molecule has 0 aliphatic heterocycles. The Labute approximate surface area is 334 Å². The van der Waals surface area contributed by atoms with E-state index in [-0.39, 0.29) is 10.8 Å². The molecule has 2 N–H and O–H groups in total. The van der Waals surface area contributed by atoms with Gasteiger partial charge in [-0.05, 0) is 94.8 Å². The van der Waals surface area contributed by atoms with Crippen molar-refractivity contribution in [3.63, 3.8) is 0 Å². The van der Waals surface area contributed by atoms with Crippen LogP contribution in [0.5, 0.6) is 0 Å². The van der Waals surface area contributed by atoms with Crippen molar-refractivity contribution < 1.29 is 8.83 Å². The minimum atomic E-state index is -0.0770. The number of hydrogen-bond acceptors (Lipinski definition) is 4. The Morgan fingerprint density at radius 1 is 0.466 bits per heavy atom. The SMILES string of the molecule is CC(C)(C)c1ccc2c(c1)c1c3oc4ccccc4c3ccc1n2-c1cc(C=N)c(C=N)c(-n2c3ccc(C(C)(C)C)cc3c3c4oc5ccccc5c4ccc32)c1. The van der Waals surface area contributed by atoms with Crippen LogP contribution in [0.25, 0.3) is 98.9 Å². The fraction of sp³-hybridized carbons (Fsp3) is 0.154. The molecule has 0 saturated heterocycles. The van der Waals surface area contributed by atoms with E-state index in [0.29, 0.717) is 11.1 Å². The van der Waals surface area contributed by atoms with E-state index in [4.69, 9.17) is 19.7 Å². The highest BCUT2D eigenvalue weighted by atomic mass is 16.3. The average molecular weight is 755 g/mol. The topological polar surface area (TPSA) is 83.8 Å². The molecule has 6 heteroatoms. The smallest absolute Gasteiger partial charge is 0.145 e. The number of furan rings is 2. The van der Waals surface area contributed by atoms with Gasteiger partial charge in [0.05, 0.1) is 38.5 Å². The maximum atomic E-state index is 8.82. The molecule has 7 aromatic carbocycles. The van der Waals surface area contributed by atoms with Gasteiger partial charge < -0.3 is 28.8 Å². The number of benzene rings is 7. The maximum absolute atomic E-state index is 8.82. The fourth-order valence-electron chi connectivity index (χ4n) is 9.28. The highest BCUT2D eigenvalue weighted by Crippen LogP contribution is 2.45. The highest BCUT2D eigenvalue weighted by Gasteiger charge is 2.26. The van der Waals surface area contributed by atoms with Gasteiger partial charge in [0, 0.05) is 61.6 Å². The number of rotatable bonds is 4. The summed E-state index contributed by atoms with van der Waals surface area (Å²) in [5, 5.41) is 26.2. The van der Waals surface area contributed by atoms with Crippen molar-refractivity contribution in [2.75, 3.05) is 0 Å². The van der Waals surface area contributed by atoms with E-state index in [9.17, 15) is 0 Å². The lowest BCUT2D eigenvalue weighted by molar-refractivity contribution is 0.591. The molecule has 0 fully saturated rings. The molecule has 0 atom stereocenters. The monoisotopic (exact) mass is 754 g/mol. The molecule has 0 radical (unpaired) electrons. The average Bonchev–Trinajstić information content (AvgIpc) is 3.96. The summed E-state index contributed by atoms with van der Waals surface area (Å²) in [7, 11) is 0. The summed E-state index contributed by atoms with van der Waals surface area (Å²) >= 11 is 0. The Balaban J connectivity index is 1.28. The van der Waals surface area contributed by atoms with Crippen molar-refractivity contribution >= 4 is 99.9 Å². The van der Waals surface area contributed by atoms with Crippen molar-refractivity contribution in [1.29, 1.82) is 10.8 Å². The number of aromatic nitrogens is 2. The van der Waals surface area contributed by atoms with Gasteiger partial charge >= 0.3 is 0 Å². The second-order valence-corrected chi connectivity index (χ2v) is 17.8. The minimum absolute atomic E-state index is 0.0643.